The Kier molecular flexibility index (Phi) is 3.69. The molecule has 0 aromatic heterocycles. The second-order valence-corrected chi connectivity index (χ2v) is 3.17. The first kappa shape index (κ1) is 11.1. The second kappa shape index (κ2) is 5.01. The predicted molar refractivity (Wildman–Crippen MR) is 58.3 cm³/mol. The van der Waals surface area contributed by atoms with Crippen molar-refractivity contribution in [3.63, 3.8) is 0 Å². The first-order valence-electron chi connectivity index (χ1n) is 4.65. The lowest BCUT2D eigenvalue weighted by Crippen LogP contribution is -2.35. The molecule has 15 heavy (non-hydrogen) atoms. The van der Waals surface area contributed by atoms with Crippen molar-refractivity contribution >= 4 is 11.6 Å². The molecule has 1 unspecified atom stereocenters. The number of hydrogen-bond donors (Lipinski definition) is 2. The van der Waals surface area contributed by atoms with E-state index in [0.29, 0.717) is 5.56 Å². The van der Waals surface area contributed by atoms with Crippen molar-refractivity contribution < 1.29 is 4.79 Å². The average Bonchev–Trinajstić information content (AvgIpc) is 2.29. The summed E-state index contributed by atoms with van der Waals surface area (Å²) in [5.74, 6) is -0.0700. The van der Waals surface area contributed by atoms with Crippen molar-refractivity contribution in [1.29, 1.82) is 5.26 Å². The van der Waals surface area contributed by atoms with Crippen molar-refractivity contribution in [1.82, 2.24) is 5.32 Å². The summed E-state index contributed by atoms with van der Waals surface area (Å²) >= 11 is 0. The number of hydrogen-bond acceptors (Lipinski definition) is 3. The lowest BCUT2D eigenvalue weighted by molar-refractivity contribution is -0.121. The van der Waals surface area contributed by atoms with Crippen LogP contribution in [0.1, 0.15) is 12.5 Å². The SMILES string of the molecule is CNC(=O)C(C)Nc1ccc(C#N)cc1. The fraction of sp³-hybridized carbons (Fsp3) is 0.273. The fourth-order valence-corrected chi connectivity index (χ4v) is 1.17. The lowest BCUT2D eigenvalue weighted by Gasteiger charge is -2.13. The highest BCUT2D eigenvalue weighted by Crippen LogP contribution is 2.09. The molecule has 4 nitrogen and oxygen atoms in total. The molecule has 0 bridgehead atoms. The number of rotatable bonds is 3. The summed E-state index contributed by atoms with van der Waals surface area (Å²) in [5.41, 5.74) is 1.43. The highest BCUT2D eigenvalue weighted by molar-refractivity contribution is 5.83. The molecule has 0 fully saturated rings. The molecule has 0 aliphatic carbocycles. The summed E-state index contributed by atoms with van der Waals surface area (Å²) in [5, 5.41) is 14.2. The summed E-state index contributed by atoms with van der Waals surface area (Å²) in [6.45, 7) is 1.77. The van der Waals surface area contributed by atoms with Gasteiger partial charge in [0, 0.05) is 12.7 Å². The van der Waals surface area contributed by atoms with Crippen molar-refractivity contribution in [2.45, 2.75) is 13.0 Å². The molecule has 1 rings (SSSR count). The first-order chi connectivity index (χ1) is 7.17. The topological polar surface area (TPSA) is 64.9 Å². The van der Waals surface area contributed by atoms with Crippen LogP contribution in [0, 0.1) is 11.3 Å². The molecule has 4 heteroatoms. The number of nitrogens with one attached hydrogen (secondary N) is 2. The van der Waals surface area contributed by atoms with Crippen LogP contribution in [0.3, 0.4) is 0 Å². The summed E-state index contributed by atoms with van der Waals surface area (Å²) in [4.78, 5) is 11.2. The molecule has 1 aromatic rings. The monoisotopic (exact) mass is 203 g/mol. The van der Waals surface area contributed by atoms with E-state index in [1.807, 2.05) is 6.07 Å². The molecule has 1 atom stereocenters. The molecule has 0 spiro atoms. The number of likely N-dealkylation sites (N-methyl/N-ethyl adjacent to an activating group) is 1. The number of anilines is 1. The second-order valence-electron chi connectivity index (χ2n) is 3.17. The van der Waals surface area contributed by atoms with Gasteiger partial charge in [-0.25, -0.2) is 0 Å². The van der Waals surface area contributed by atoms with E-state index < -0.39 is 0 Å². The number of carbonyl (C=O) groups is 1. The van der Waals surface area contributed by atoms with E-state index in [1.165, 1.54) is 0 Å². The molecule has 0 saturated carbocycles. The van der Waals surface area contributed by atoms with Crippen LogP contribution in [0.15, 0.2) is 24.3 Å². The summed E-state index contributed by atoms with van der Waals surface area (Å²) in [6, 6.07) is 8.71. The van der Waals surface area contributed by atoms with Gasteiger partial charge in [0.15, 0.2) is 0 Å². The zero-order chi connectivity index (χ0) is 11.3. The Morgan fingerprint density at radius 3 is 2.47 bits per heavy atom. The highest BCUT2D eigenvalue weighted by Gasteiger charge is 2.09. The molecule has 2 N–H and O–H groups in total. The maximum Gasteiger partial charge on any atom is 0.241 e. The van der Waals surface area contributed by atoms with Crippen LogP contribution in [0.2, 0.25) is 0 Å². The Labute approximate surface area is 88.9 Å². The molecule has 0 radical (unpaired) electrons. The third kappa shape index (κ3) is 2.99. The quantitative estimate of drug-likeness (QED) is 0.773. The van der Waals surface area contributed by atoms with Gasteiger partial charge in [0.05, 0.1) is 11.6 Å². The summed E-state index contributed by atoms with van der Waals surface area (Å²) in [6.07, 6.45) is 0. The molecule has 78 valence electrons. The largest absolute Gasteiger partial charge is 0.374 e. The number of nitriles is 1. The van der Waals surface area contributed by atoms with Crippen LogP contribution in [0.5, 0.6) is 0 Å². The number of nitrogens with zero attached hydrogens (tertiary/aromatic N) is 1. The van der Waals surface area contributed by atoms with Crippen molar-refractivity contribution in [3.8, 4) is 6.07 Å². The van der Waals surface area contributed by atoms with Crippen molar-refractivity contribution in [3.05, 3.63) is 29.8 Å². The molecule has 1 aromatic carbocycles. The van der Waals surface area contributed by atoms with Crippen molar-refractivity contribution in [2.24, 2.45) is 0 Å². The standard InChI is InChI=1S/C11H13N3O/c1-8(11(15)13-2)14-10-5-3-9(7-12)4-6-10/h3-6,8,14H,1-2H3,(H,13,15). The normalized spacial score (nSPS) is 11.3. The highest BCUT2D eigenvalue weighted by atomic mass is 16.2. The van der Waals surface area contributed by atoms with Gasteiger partial charge in [-0.1, -0.05) is 0 Å². The van der Waals surface area contributed by atoms with Gasteiger partial charge in [-0.2, -0.15) is 5.26 Å². The van der Waals surface area contributed by atoms with E-state index in [2.05, 4.69) is 10.6 Å². The third-order valence-corrected chi connectivity index (χ3v) is 2.04. The van der Waals surface area contributed by atoms with Gasteiger partial charge in [0.25, 0.3) is 0 Å². The Hall–Kier alpha value is -2.02. The molecule has 0 heterocycles. The van der Waals surface area contributed by atoms with Gasteiger partial charge in [-0.05, 0) is 31.2 Å². The molecular weight excluding hydrogens is 190 g/mol. The van der Waals surface area contributed by atoms with Gasteiger partial charge in [0.2, 0.25) is 5.91 Å². The molecular formula is C11H13N3O. The van der Waals surface area contributed by atoms with Gasteiger partial charge in [-0.3, -0.25) is 4.79 Å². The molecule has 0 saturated heterocycles. The number of amides is 1. The Balaban J connectivity index is 2.66. The lowest BCUT2D eigenvalue weighted by atomic mass is 10.2. The number of benzene rings is 1. The predicted octanol–water partition coefficient (Wildman–Crippen LogP) is 1.10. The van der Waals surface area contributed by atoms with E-state index in [0.717, 1.165) is 5.69 Å². The molecule has 0 aliphatic rings. The van der Waals surface area contributed by atoms with Crippen LogP contribution in [0.4, 0.5) is 5.69 Å². The smallest absolute Gasteiger partial charge is 0.241 e. The minimum Gasteiger partial charge on any atom is -0.374 e. The van der Waals surface area contributed by atoms with Crippen LogP contribution >= 0.6 is 0 Å². The Morgan fingerprint density at radius 1 is 1.40 bits per heavy atom. The summed E-state index contributed by atoms with van der Waals surface area (Å²) in [7, 11) is 1.60. The maximum atomic E-state index is 11.2. The van der Waals surface area contributed by atoms with Crippen molar-refractivity contribution in [2.75, 3.05) is 12.4 Å². The summed E-state index contributed by atoms with van der Waals surface area (Å²) < 4.78 is 0. The van der Waals surface area contributed by atoms with E-state index in [1.54, 1.807) is 38.2 Å². The number of carbonyl (C=O) groups excluding carboxylic acids is 1. The fourth-order valence-electron chi connectivity index (χ4n) is 1.17. The third-order valence-electron chi connectivity index (χ3n) is 2.04. The van der Waals surface area contributed by atoms with Crippen LogP contribution < -0.4 is 10.6 Å². The van der Waals surface area contributed by atoms with E-state index in [4.69, 9.17) is 5.26 Å². The Morgan fingerprint density at radius 2 is 2.00 bits per heavy atom. The Bertz CT molecular complexity index is 378. The zero-order valence-electron chi connectivity index (χ0n) is 8.74. The van der Waals surface area contributed by atoms with Gasteiger partial charge in [-0.15, -0.1) is 0 Å². The van der Waals surface area contributed by atoms with Crippen LogP contribution in [-0.4, -0.2) is 19.0 Å². The van der Waals surface area contributed by atoms with Gasteiger partial charge >= 0.3 is 0 Å². The maximum absolute atomic E-state index is 11.2. The van der Waals surface area contributed by atoms with Crippen LogP contribution in [-0.2, 0) is 4.79 Å². The van der Waals surface area contributed by atoms with E-state index >= 15 is 0 Å². The molecule has 1 amide bonds. The van der Waals surface area contributed by atoms with Gasteiger partial charge < -0.3 is 10.6 Å². The van der Waals surface area contributed by atoms with E-state index in [9.17, 15) is 4.79 Å². The minimum absolute atomic E-state index is 0.0700. The first-order valence-corrected chi connectivity index (χ1v) is 4.65. The van der Waals surface area contributed by atoms with E-state index in [-0.39, 0.29) is 11.9 Å². The van der Waals surface area contributed by atoms with Gasteiger partial charge in [0.1, 0.15) is 6.04 Å². The molecule has 0 aliphatic heterocycles. The zero-order valence-corrected chi connectivity index (χ0v) is 8.74. The van der Waals surface area contributed by atoms with Crippen LogP contribution in [0.25, 0.3) is 0 Å². The minimum atomic E-state index is -0.289. The average molecular weight is 203 g/mol.